The lowest BCUT2D eigenvalue weighted by Gasteiger charge is -2.05. The highest BCUT2D eigenvalue weighted by Crippen LogP contribution is 2.30. The second-order valence-electron chi connectivity index (χ2n) is 5.74. The number of hydrogen-bond acceptors (Lipinski definition) is 5. The van der Waals surface area contributed by atoms with Gasteiger partial charge in [0.25, 0.3) is 5.91 Å². The summed E-state index contributed by atoms with van der Waals surface area (Å²) in [6, 6.07) is 15.9. The Kier molecular flexibility index (Phi) is 4.48. The largest absolute Gasteiger partial charge is 0.497 e. The summed E-state index contributed by atoms with van der Waals surface area (Å²) in [4.78, 5) is 20.8. The molecule has 6 nitrogen and oxygen atoms in total. The molecule has 4 rings (SSSR count). The summed E-state index contributed by atoms with van der Waals surface area (Å²) in [5, 5.41) is 4.06. The SMILES string of the molecule is COc1ccc(C(=O)Nc2ncnc3oc(-c4ccc(Cl)cc4)cc23)cc1. The third-order valence-corrected chi connectivity index (χ3v) is 4.29. The van der Waals surface area contributed by atoms with Crippen LogP contribution in [0.1, 0.15) is 10.4 Å². The molecular weight excluding hydrogens is 366 g/mol. The Morgan fingerprint density at radius 1 is 1.07 bits per heavy atom. The molecule has 1 amide bonds. The van der Waals surface area contributed by atoms with Crippen LogP contribution >= 0.6 is 11.6 Å². The molecule has 0 radical (unpaired) electrons. The summed E-state index contributed by atoms with van der Waals surface area (Å²) in [6.45, 7) is 0. The minimum absolute atomic E-state index is 0.285. The minimum Gasteiger partial charge on any atom is -0.497 e. The Morgan fingerprint density at radius 2 is 1.81 bits per heavy atom. The maximum absolute atomic E-state index is 12.5. The Hall–Kier alpha value is -3.38. The normalized spacial score (nSPS) is 10.7. The number of benzene rings is 2. The summed E-state index contributed by atoms with van der Waals surface area (Å²) >= 11 is 5.93. The van der Waals surface area contributed by atoms with Gasteiger partial charge in [-0.25, -0.2) is 9.97 Å². The summed E-state index contributed by atoms with van der Waals surface area (Å²) in [6.07, 6.45) is 1.35. The highest BCUT2D eigenvalue weighted by molar-refractivity contribution is 6.30. The van der Waals surface area contributed by atoms with Gasteiger partial charge in [-0.15, -0.1) is 0 Å². The molecule has 0 unspecified atom stereocenters. The van der Waals surface area contributed by atoms with Gasteiger partial charge in [0.05, 0.1) is 12.5 Å². The number of carbonyl (C=O) groups excluding carboxylic acids is 1. The standard InChI is InChI=1S/C20H14ClN3O3/c1-26-15-8-4-13(5-9-15)19(25)24-18-16-10-17(27-20(16)23-11-22-18)12-2-6-14(21)7-3-12/h2-11H,1H3,(H,22,23,24,25). The number of nitrogens with one attached hydrogen (secondary N) is 1. The molecule has 2 aromatic heterocycles. The van der Waals surface area contributed by atoms with Crippen LogP contribution in [0.4, 0.5) is 5.82 Å². The van der Waals surface area contributed by atoms with Crippen molar-refractivity contribution in [3.63, 3.8) is 0 Å². The van der Waals surface area contributed by atoms with E-state index in [-0.39, 0.29) is 5.91 Å². The predicted octanol–water partition coefficient (Wildman–Crippen LogP) is 4.80. The second-order valence-corrected chi connectivity index (χ2v) is 6.18. The van der Waals surface area contributed by atoms with Crippen molar-refractivity contribution in [3.8, 4) is 17.1 Å². The number of nitrogens with zero attached hydrogens (tertiary/aromatic N) is 2. The smallest absolute Gasteiger partial charge is 0.256 e. The predicted molar refractivity (Wildman–Crippen MR) is 103 cm³/mol. The molecule has 1 N–H and O–H groups in total. The summed E-state index contributed by atoms with van der Waals surface area (Å²) in [5.74, 6) is 1.39. The molecule has 7 heteroatoms. The molecule has 2 aromatic carbocycles. The molecule has 2 heterocycles. The number of carbonyl (C=O) groups is 1. The number of rotatable bonds is 4. The molecule has 0 aliphatic carbocycles. The van der Waals surface area contributed by atoms with Gasteiger partial charge in [-0.2, -0.15) is 0 Å². The summed E-state index contributed by atoms with van der Waals surface area (Å²) < 4.78 is 10.9. The third kappa shape index (κ3) is 3.47. The highest BCUT2D eigenvalue weighted by Gasteiger charge is 2.15. The molecule has 134 valence electrons. The Labute approximate surface area is 159 Å². The number of aromatic nitrogens is 2. The molecule has 0 atom stereocenters. The average molecular weight is 380 g/mol. The number of furan rings is 1. The average Bonchev–Trinajstić information content (AvgIpc) is 3.14. The van der Waals surface area contributed by atoms with E-state index in [0.29, 0.717) is 39.0 Å². The van der Waals surface area contributed by atoms with Gasteiger partial charge >= 0.3 is 0 Å². The van der Waals surface area contributed by atoms with Crippen molar-refractivity contribution in [1.29, 1.82) is 0 Å². The van der Waals surface area contributed by atoms with Gasteiger partial charge in [0.15, 0.2) is 0 Å². The van der Waals surface area contributed by atoms with Gasteiger partial charge < -0.3 is 14.5 Å². The third-order valence-electron chi connectivity index (χ3n) is 4.04. The molecule has 0 bridgehead atoms. The first-order valence-corrected chi connectivity index (χ1v) is 8.48. The van der Waals surface area contributed by atoms with Gasteiger partial charge in [0.1, 0.15) is 23.7 Å². The van der Waals surface area contributed by atoms with Gasteiger partial charge in [0, 0.05) is 16.1 Å². The van der Waals surface area contributed by atoms with Crippen LogP contribution in [-0.2, 0) is 0 Å². The van der Waals surface area contributed by atoms with Crippen LogP contribution in [0.25, 0.3) is 22.4 Å². The zero-order valence-corrected chi connectivity index (χ0v) is 15.0. The fourth-order valence-corrected chi connectivity index (χ4v) is 2.76. The van der Waals surface area contributed by atoms with Crippen LogP contribution in [0, 0.1) is 0 Å². The van der Waals surface area contributed by atoms with Crippen LogP contribution in [0.5, 0.6) is 5.75 Å². The first-order chi connectivity index (χ1) is 13.1. The van der Waals surface area contributed by atoms with E-state index in [4.69, 9.17) is 20.8 Å². The van der Waals surface area contributed by atoms with Crippen molar-refractivity contribution in [1.82, 2.24) is 9.97 Å². The second kappa shape index (κ2) is 7.09. The maximum Gasteiger partial charge on any atom is 0.256 e. The molecule has 4 aromatic rings. The fourth-order valence-electron chi connectivity index (χ4n) is 2.63. The first-order valence-electron chi connectivity index (χ1n) is 8.10. The Balaban J connectivity index is 1.65. The highest BCUT2D eigenvalue weighted by atomic mass is 35.5. The topological polar surface area (TPSA) is 77.2 Å². The Morgan fingerprint density at radius 3 is 2.52 bits per heavy atom. The molecule has 0 aliphatic rings. The number of methoxy groups -OCH3 is 1. The lowest BCUT2D eigenvalue weighted by atomic mass is 10.1. The van der Waals surface area contributed by atoms with E-state index in [9.17, 15) is 4.79 Å². The molecule has 27 heavy (non-hydrogen) atoms. The van der Waals surface area contributed by atoms with E-state index >= 15 is 0 Å². The number of anilines is 1. The molecule has 0 aliphatic heterocycles. The minimum atomic E-state index is -0.285. The quantitative estimate of drug-likeness (QED) is 0.551. The van der Waals surface area contributed by atoms with E-state index in [1.54, 1.807) is 49.6 Å². The molecule has 0 spiro atoms. The monoisotopic (exact) mass is 379 g/mol. The van der Waals surface area contributed by atoms with E-state index in [2.05, 4.69) is 15.3 Å². The van der Waals surface area contributed by atoms with Crippen molar-refractivity contribution < 1.29 is 13.9 Å². The van der Waals surface area contributed by atoms with Gasteiger partial charge in [-0.05, 0) is 54.6 Å². The van der Waals surface area contributed by atoms with Crippen molar-refractivity contribution in [2.24, 2.45) is 0 Å². The van der Waals surface area contributed by atoms with Gasteiger partial charge in [-0.1, -0.05) is 11.6 Å². The van der Waals surface area contributed by atoms with Crippen molar-refractivity contribution in [3.05, 3.63) is 71.5 Å². The van der Waals surface area contributed by atoms with E-state index in [0.717, 1.165) is 5.56 Å². The molecule has 0 fully saturated rings. The van der Waals surface area contributed by atoms with Crippen LogP contribution in [0.3, 0.4) is 0 Å². The van der Waals surface area contributed by atoms with Crippen LogP contribution in [-0.4, -0.2) is 23.0 Å². The van der Waals surface area contributed by atoms with Crippen LogP contribution in [0.15, 0.2) is 65.3 Å². The zero-order chi connectivity index (χ0) is 18.8. The lowest BCUT2D eigenvalue weighted by Crippen LogP contribution is -2.13. The molecule has 0 saturated heterocycles. The molecule has 0 saturated carbocycles. The van der Waals surface area contributed by atoms with Gasteiger partial charge in [0.2, 0.25) is 5.71 Å². The van der Waals surface area contributed by atoms with Gasteiger partial charge in [-0.3, -0.25) is 4.79 Å². The van der Waals surface area contributed by atoms with Crippen LogP contribution < -0.4 is 10.1 Å². The summed E-state index contributed by atoms with van der Waals surface area (Å²) in [5.41, 5.74) is 1.73. The van der Waals surface area contributed by atoms with Crippen molar-refractivity contribution >= 4 is 34.4 Å². The van der Waals surface area contributed by atoms with Crippen LogP contribution in [0.2, 0.25) is 5.02 Å². The first kappa shape index (κ1) is 17.1. The van der Waals surface area contributed by atoms with Crippen molar-refractivity contribution in [2.75, 3.05) is 12.4 Å². The Bertz CT molecular complexity index is 1110. The van der Waals surface area contributed by atoms with E-state index < -0.39 is 0 Å². The molecular formula is C20H14ClN3O3. The number of halogens is 1. The van der Waals surface area contributed by atoms with Crippen molar-refractivity contribution in [2.45, 2.75) is 0 Å². The lowest BCUT2D eigenvalue weighted by molar-refractivity contribution is 0.102. The fraction of sp³-hybridized carbons (Fsp3) is 0.0500. The number of amides is 1. The summed E-state index contributed by atoms with van der Waals surface area (Å²) in [7, 11) is 1.57. The van der Waals surface area contributed by atoms with E-state index in [1.807, 2.05) is 12.1 Å². The number of hydrogen-bond donors (Lipinski definition) is 1. The number of ether oxygens (including phenoxy) is 1. The van der Waals surface area contributed by atoms with E-state index in [1.165, 1.54) is 6.33 Å². The zero-order valence-electron chi connectivity index (χ0n) is 14.3. The number of fused-ring (bicyclic) bond motifs is 1. The maximum atomic E-state index is 12.5.